The Labute approximate surface area is 204 Å². The molecule has 3 heterocycles. The van der Waals surface area contributed by atoms with Gasteiger partial charge in [0, 0.05) is 44.3 Å². The van der Waals surface area contributed by atoms with Gasteiger partial charge in [0.05, 0.1) is 6.26 Å². The molecule has 0 amide bonds. The normalized spacial score (nSPS) is 17.0. The molecule has 5 N–H and O–H groups in total. The lowest BCUT2D eigenvalue weighted by atomic mass is 9.79. The number of fused-ring (bicyclic) bond motifs is 1. The number of hydrogen-bond donors (Lipinski definition) is 4. The quantitative estimate of drug-likeness (QED) is 0.266. The van der Waals surface area contributed by atoms with Gasteiger partial charge in [0.2, 0.25) is 0 Å². The maximum Gasteiger partial charge on any atom is 0.313 e. The number of anilines is 1. The predicted molar refractivity (Wildman–Crippen MR) is 131 cm³/mol. The Balaban J connectivity index is 0.000000623. The van der Waals surface area contributed by atoms with Crippen LogP contribution >= 0.6 is 0 Å². The van der Waals surface area contributed by atoms with Gasteiger partial charge < -0.3 is 25.4 Å². The van der Waals surface area contributed by atoms with E-state index >= 15 is 0 Å². The number of carboxylic acid groups (broad SMARTS) is 1. The van der Waals surface area contributed by atoms with Crippen LogP contribution in [0.1, 0.15) is 24.0 Å². The van der Waals surface area contributed by atoms with Crippen molar-refractivity contribution in [1.29, 1.82) is 5.41 Å². The van der Waals surface area contributed by atoms with Crippen molar-refractivity contribution in [3.8, 4) is 5.75 Å². The number of piperidine rings is 1. The first-order valence-corrected chi connectivity index (χ1v) is 13.0. The summed E-state index contributed by atoms with van der Waals surface area (Å²) < 4.78 is 31.9. The van der Waals surface area contributed by atoms with Gasteiger partial charge in [0.25, 0.3) is 10.1 Å². The fourth-order valence-corrected chi connectivity index (χ4v) is 4.22. The van der Waals surface area contributed by atoms with Gasteiger partial charge in [-0.15, -0.1) is 0 Å². The molecule has 0 atom stereocenters. The number of nitrogens with one attached hydrogen (secondary N) is 1. The predicted octanol–water partition coefficient (Wildman–Crippen LogP) is 1.59. The average Bonchev–Trinajstić information content (AvgIpc) is 2.82. The van der Waals surface area contributed by atoms with Gasteiger partial charge in [-0.2, -0.15) is 8.42 Å². The van der Waals surface area contributed by atoms with Crippen molar-refractivity contribution in [2.75, 3.05) is 37.4 Å². The van der Waals surface area contributed by atoms with Crippen LogP contribution in [0.5, 0.6) is 5.75 Å². The van der Waals surface area contributed by atoms with E-state index in [1.54, 1.807) is 12.4 Å². The van der Waals surface area contributed by atoms with Gasteiger partial charge in [-0.05, 0) is 54.7 Å². The lowest BCUT2D eigenvalue weighted by Crippen LogP contribution is -2.47. The smallest absolute Gasteiger partial charge is 0.313 e. The zero-order valence-corrected chi connectivity index (χ0v) is 20.4. The van der Waals surface area contributed by atoms with Crippen molar-refractivity contribution in [1.82, 2.24) is 9.88 Å². The lowest BCUT2D eigenvalue weighted by molar-refractivity contribution is -0.152. The molecule has 0 radical (unpaired) electrons. The molecule has 2 aliphatic heterocycles. The minimum absolute atomic E-state index is 0.0674. The van der Waals surface area contributed by atoms with Crippen molar-refractivity contribution in [2.24, 2.45) is 11.1 Å². The van der Waals surface area contributed by atoms with Crippen LogP contribution in [-0.4, -0.2) is 72.4 Å². The fraction of sp³-hybridized carbons (Fsp3) is 0.435. The maximum absolute atomic E-state index is 12.1. The van der Waals surface area contributed by atoms with Gasteiger partial charge >= 0.3 is 5.97 Å². The van der Waals surface area contributed by atoms with E-state index in [1.807, 2.05) is 35.2 Å². The number of hydrogen-bond acceptors (Lipinski definition) is 7. The summed E-state index contributed by atoms with van der Waals surface area (Å²) in [5, 5.41) is 17.6. The Morgan fingerprint density at radius 2 is 1.80 bits per heavy atom. The summed E-state index contributed by atoms with van der Waals surface area (Å²) in [6, 6.07) is 9.78. The summed E-state index contributed by atoms with van der Waals surface area (Å²) in [7, 11) is -3.67. The molecule has 11 nitrogen and oxygen atoms in total. The van der Waals surface area contributed by atoms with Crippen LogP contribution in [0.2, 0.25) is 0 Å². The maximum atomic E-state index is 12.1. The third kappa shape index (κ3) is 7.30. The number of aliphatic carboxylic acids is 1. The van der Waals surface area contributed by atoms with Gasteiger partial charge in [-0.1, -0.05) is 6.07 Å². The molecule has 1 aromatic heterocycles. The van der Waals surface area contributed by atoms with Crippen LogP contribution in [0.4, 0.5) is 5.69 Å². The summed E-state index contributed by atoms with van der Waals surface area (Å²) in [6.07, 6.45) is 6.09. The van der Waals surface area contributed by atoms with Gasteiger partial charge in [-0.25, -0.2) is 0 Å². The van der Waals surface area contributed by atoms with Crippen molar-refractivity contribution < 1.29 is 27.6 Å². The van der Waals surface area contributed by atoms with Crippen molar-refractivity contribution in [3.63, 3.8) is 0 Å². The van der Waals surface area contributed by atoms with Crippen LogP contribution < -0.4 is 15.4 Å². The van der Waals surface area contributed by atoms with Crippen LogP contribution in [0.25, 0.3) is 0 Å². The van der Waals surface area contributed by atoms with Gasteiger partial charge in [0.15, 0.2) is 5.96 Å². The zero-order valence-electron chi connectivity index (χ0n) is 19.6. The summed E-state index contributed by atoms with van der Waals surface area (Å²) in [5.74, 6) is -0.0771. The molecule has 0 bridgehead atoms. The molecular weight excluding hydrogens is 474 g/mol. The number of carbonyl (C=O) groups is 1. The second kappa shape index (κ2) is 10.9. The SMILES string of the molecule is CS(=O)(=O)O.N=C(N)N1CCc2ccc(OCC3(C(=O)O)CCN(c4ccncc4)CC3)cc2C1. The number of benzene rings is 1. The first kappa shape index (κ1) is 26.2. The lowest BCUT2D eigenvalue weighted by Gasteiger charge is -2.39. The summed E-state index contributed by atoms with van der Waals surface area (Å²) >= 11 is 0. The van der Waals surface area contributed by atoms with Gasteiger partial charge in [0.1, 0.15) is 17.8 Å². The van der Waals surface area contributed by atoms with Crippen molar-refractivity contribution in [2.45, 2.75) is 25.8 Å². The molecule has 2 aromatic rings. The summed E-state index contributed by atoms with van der Waals surface area (Å²) in [5.41, 5.74) is 8.09. The Morgan fingerprint density at radius 1 is 1.17 bits per heavy atom. The Bertz CT molecular complexity index is 1140. The standard InChI is InChI=1S/C22H27N5O3.CH4O3S/c23-21(24)27-10-5-16-1-2-19(13-17(16)14-27)30-15-22(20(28)29)6-11-26(12-7-22)18-3-8-25-9-4-18;1-5(2,3)4/h1-4,8-9,13H,5-7,10-12,14-15H2,(H3,23,24)(H,28,29);1H3,(H,2,3,4). The molecule has 12 heteroatoms. The summed E-state index contributed by atoms with van der Waals surface area (Å²) in [6.45, 7) is 2.78. The van der Waals surface area contributed by atoms with E-state index in [1.165, 1.54) is 5.56 Å². The topological polar surface area (TPSA) is 170 Å². The molecule has 0 unspecified atom stereocenters. The molecular formula is C23H31N5O6S. The van der Waals surface area contributed by atoms with E-state index < -0.39 is 21.5 Å². The molecule has 1 aromatic carbocycles. The molecule has 1 saturated heterocycles. The average molecular weight is 506 g/mol. The number of rotatable bonds is 5. The number of ether oxygens (including phenoxy) is 1. The van der Waals surface area contributed by atoms with Crippen LogP contribution in [0, 0.1) is 10.8 Å². The van der Waals surface area contributed by atoms with Crippen LogP contribution in [0.3, 0.4) is 0 Å². The largest absolute Gasteiger partial charge is 0.492 e. The number of nitrogens with zero attached hydrogens (tertiary/aromatic N) is 3. The highest BCUT2D eigenvalue weighted by atomic mass is 32.2. The Kier molecular flexibility index (Phi) is 8.18. The Hall–Kier alpha value is -3.38. The second-order valence-electron chi connectivity index (χ2n) is 8.79. The van der Waals surface area contributed by atoms with E-state index in [0.717, 1.165) is 24.2 Å². The fourth-order valence-electron chi connectivity index (χ4n) is 4.22. The second-order valence-corrected chi connectivity index (χ2v) is 10.3. The number of guanidine groups is 1. The van der Waals surface area contributed by atoms with Crippen molar-refractivity contribution >= 4 is 27.7 Å². The van der Waals surface area contributed by atoms with E-state index in [2.05, 4.69) is 9.88 Å². The molecule has 190 valence electrons. The van der Waals surface area contributed by atoms with E-state index in [9.17, 15) is 18.3 Å². The van der Waals surface area contributed by atoms with Crippen LogP contribution in [-0.2, 0) is 27.9 Å². The molecule has 0 spiro atoms. The number of carboxylic acids is 1. The van der Waals surface area contributed by atoms with Gasteiger partial charge in [-0.3, -0.25) is 19.7 Å². The van der Waals surface area contributed by atoms with Crippen LogP contribution in [0.15, 0.2) is 42.7 Å². The highest BCUT2D eigenvalue weighted by Gasteiger charge is 2.42. The molecule has 1 fully saturated rings. The Morgan fingerprint density at radius 3 is 2.37 bits per heavy atom. The summed E-state index contributed by atoms with van der Waals surface area (Å²) in [4.78, 5) is 20.2. The molecule has 2 aliphatic rings. The number of pyridine rings is 1. The highest BCUT2D eigenvalue weighted by molar-refractivity contribution is 7.85. The molecule has 0 aliphatic carbocycles. The molecule has 35 heavy (non-hydrogen) atoms. The first-order chi connectivity index (χ1) is 16.5. The third-order valence-corrected chi connectivity index (χ3v) is 6.25. The van der Waals surface area contributed by atoms with E-state index in [4.69, 9.17) is 20.4 Å². The molecule has 0 saturated carbocycles. The third-order valence-electron chi connectivity index (χ3n) is 6.25. The van der Waals surface area contributed by atoms with E-state index in [0.29, 0.717) is 44.5 Å². The first-order valence-electron chi connectivity index (χ1n) is 11.1. The highest BCUT2D eigenvalue weighted by Crippen LogP contribution is 2.35. The minimum Gasteiger partial charge on any atom is -0.492 e. The minimum atomic E-state index is -3.67. The molecule has 4 rings (SSSR count). The zero-order chi connectivity index (χ0) is 25.6. The van der Waals surface area contributed by atoms with Crippen molar-refractivity contribution in [3.05, 3.63) is 53.9 Å². The number of aromatic nitrogens is 1. The monoisotopic (exact) mass is 505 g/mol. The number of nitrogens with two attached hydrogens (primary N) is 1. The van der Waals surface area contributed by atoms with E-state index in [-0.39, 0.29) is 12.6 Å².